The van der Waals surface area contributed by atoms with Gasteiger partial charge in [-0.25, -0.2) is 0 Å². The SMILES string of the molecule is CC1(C)CC(OCc2ccccc2)(OCc2ccccc2)CC(C)(C)N1OCCc1ccc(OCC2CO2)cc1. The van der Waals surface area contributed by atoms with Gasteiger partial charge < -0.3 is 18.9 Å². The Morgan fingerprint density at radius 2 is 1.25 bits per heavy atom. The van der Waals surface area contributed by atoms with Gasteiger partial charge in [0.2, 0.25) is 0 Å². The summed E-state index contributed by atoms with van der Waals surface area (Å²) in [4.78, 5) is 6.53. The summed E-state index contributed by atoms with van der Waals surface area (Å²) < 4.78 is 24.4. The number of hydrogen-bond donors (Lipinski definition) is 0. The van der Waals surface area contributed by atoms with Gasteiger partial charge in [-0.05, 0) is 62.9 Å². The van der Waals surface area contributed by atoms with Gasteiger partial charge in [-0.15, -0.1) is 0 Å². The fourth-order valence-corrected chi connectivity index (χ4v) is 5.88. The van der Waals surface area contributed by atoms with E-state index < -0.39 is 5.79 Å². The highest BCUT2D eigenvalue weighted by Crippen LogP contribution is 2.46. The second kappa shape index (κ2) is 12.4. The molecule has 0 bridgehead atoms. The van der Waals surface area contributed by atoms with Crippen LogP contribution in [-0.2, 0) is 38.7 Å². The van der Waals surface area contributed by atoms with Crippen LogP contribution in [0.2, 0.25) is 0 Å². The number of nitrogens with zero attached hydrogens (tertiary/aromatic N) is 1. The van der Waals surface area contributed by atoms with Crippen LogP contribution in [-0.4, -0.2) is 47.9 Å². The molecule has 6 heteroatoms. The van der Waals surface area contributed by atoms with Crippen LogP contribution in [0.3, 0.4) is 0 Å². The fourth-order valence-electron chi connectivity index (χ4n) is 5.88. The van der Waals surface area contributed by atoms with Crippen LogP contribution in [0.5, 0.6) is 5.75 Å². The summed E-state index contributed by atoms with van der Waals surface area (Å²) in [6, 6.07) is 28.9. The Kier molecular flexibility index (Phi) is 8.93. The van der Waals surface area contributed by atoms with Gasteiger partial charge in [0.05, 0.1) is 26.4 Å². The van der Waals surface area contributed by atoms with Crippen molar-refractivity contribution in [2.45, 2.75) is 83.1 Å². The normalized spacial score (nSPS) is 21.1. The van der Waals surface area contributed by atoms with Crippen LogP contribution < -0.4 is 4.74 Å². The Labute approximate surface area is 239 Å². The molecule has 5 rings (SSSR count). The first-order valence-corrected chi connectivity index (χ1v) is 14.4. The van der Waals surface area contributed by atoms with Crippen molar-refractivity contribution in [1.82, 2.24) is 5.06 Å². The molecule has 6 nitrogen and oxygen atoms in total. The van der Waals surface area contributed by atoms with Gasteiger partial charge in [0.25, 0.3) is 0 Å². The third kappa shape index (κ3) is 7.71. The Morgan fingerprint density at radius 3 is 1.75 bits per heavy atom. The molecular weight excluding hydrogens is 502 g/mol. The summed E-state index contributed by atoms with van der Waals surface area (Å²) in [5.74, 6) is 0.126. The van der Waals surface area contributed by atoms with Crippen LogP contribution in [0.1, 0.15) is 57.2 Å². The highest BCUT2D eigenvalue weighted by atomic mass is 16.7. The zero-order chi connectivity index (χ0) is 28.1. The van der Waals surface area contributed by atoms with E-state index in [0.29, 0.717) is 39.3 Å². The van der Waals surface area contributed by atoms with E-state index in [2.05, 4.69) is 69.2 Å². The minimum absolute atomic E-state index is 0.260. The van der Waals surface area contributed by atoms with Crippen molar-refractivity contribution in [3.63, 3.8) is 0 Å². The summed E-state index contributed by atoms with van der Waals surface area (Å²) in [7, 11) is 0. The van der Waals surface area contributed by atoms with Crippen molar-refractivity contribution in [3.05, 3.63) is 102 Å². The zero-order valence-electron chi connectivity index (χ0n) is 24.3. The Balaban J connectivity index is 1.23. The molecule has 2 saturated heterocycles. The van der Waals surface area contributed by atoms with Gasteiger partial charge in [0.1, 0.15) is 18.5 Å². The molecule has 1 atom stereocenters. The maximum atomic E-state index is 6.70. The number of benzene rings is 3. The van der Waals surface area contributed by atoms with Gasteiger partial charge in [-0.2, -0.15) is 5.06 Å². The molecule has 0 aliphatic carbocycles. The molecule has 3 aromatic carbocycles. The minimum Gasteiger partial charge on any atom is -0.491 e. The monoisotopic (exact) mass is 545 g/mol. The molecule has 3 aromatic rings. The predicted octanol–water partition coefficient (Wildman–Crippen LogP) is 6.72. The maximum Gasteiger partial charge on any atom is 0.172 e. The number of epoxide rings is 1. The fraction of sp³-hybridized carbons (Fsp3) is 0.471. The molecule has 0 saturated carbocycles. The topological polar surface area (TPSA) is 52.7 Å². The first-order valence-electron chi connectivity index (χ1n) is 14.4. The molecule has 0 spiro atoms. The molecule has 40 heavy (non-hydrogen) atoms. The molecule has 1 unspecified atom stereocenters. The lowest BCUT2D eigenvalue weighted by Gasteiger charge is -2.57. The van der Waals surface area contributed by atoms with E-state index >= 15 is 0 Å². The van der Waals surface area contributed by atoms with E-state index in [0.717, 1.165) is 29.9 Å². The molecule has 0 N–H and O–H groups in total. The van der Waals surface area contributed by atoms with Crippen molar-refractivity contribution in [2.75, 3.05) is 19.8 Å². The number of hydroxylamine groups is 2. The third-order valence-electron chi connectivity index (χ3n) is 7.57. The molecule has 0 amide bonds. The Bertz CT molecular complexity index is 1130. The Morgan fingerprint density at radius 1 is 0.725 bits per heavy atom. The molecular formula is C34H43NO5. The average Bonchev–Trinajstić information content (AvgIpc) is 3.77. The molecule has 214 valence electrons. The van der Waals surface area contributed by atoms with Crippen molar-refractivity contribution in [3.8, 4) is 5.75 Å². The van der Waals surface area contributed by atoms with Gasteiger partial charge >= 0.3 is 0 Å². The largest absolute Gasteiger partial charge is 0.491 e. The molecule has 2 aliphatic heterocycles. The van der Waals surface area contributed by atoms with E-state index in [1.807, 2.05) is 48.5 Å². The van der Waals surface area contributed by atoms with Gasteiger partial charge in [-0.1, -0.05) is 72.8 Å². The first-order chi connectivity index (χ1) is 19.2. The van der Waals surface area contributed by atoms with Gasteiger partial charge in [0, 0.05) is 23.9 Å². The highest BCUT2D eigenvalue weighted by Gasteiger charge is 2.55. The number of piperidine rings is 1. The third-order valence-corrected chi connectivity index (χ3v) is 7.57. The van der Waals surface area contributed by atoms with Crippen LogP contribution in [0, 0.1) is 0 Å². The van der Waals surface area contributed by atoms with Crippen molar-refractivity contribution < 1.29 is 23.8 Å². The minimum atomic E-state index is -0.750. The van der Waals surface area contributed by atoms with E-state index in [1.165, 1.54) is 5.56 Å². The van der Waals surface area contributed by atoms with E-state index in [1.54, 1.807) is 0 Å². The summed E-state index contributed by atoms with van der Waals surface area (Å²) in [6.07, 6.45) is 2.43. The number of hydrogen-bond acceptors (Lipinski definition) is 6. The molecule has 0 aromatic heterocycles. The lowest BCUT2D eigenvalue weighted by molar-refractivity contribution is -0.361. The summed E-state index contributed by atoms with van der Waals surface area (Å²) >= 11 is 0. The second-order valence-electron chi connectivity index (χ2n) is 12.2. The summed E-state index contributed by atoms with van der Waals surface area (Å²) in [5, 5.41) is 2.17. The maximum absolute atomic E-state index is 6.70. The smallest absolute Gasteiger partial charge is 0.172 e. The predicted molar refractivity (Wildman–Crippen MR) is 156 cm³/mol. The number of rotatable bonds is 13. The second-order valence-corrected chi connectivity index (χ2v) is 12.2. The molecule has 2 heterocycles. The molecule has 2 aliphatic rings. The molecule has 2 fully saturated rings. The quantitative estimate of drug-likeness (QED) is 0.176. The van der Waals surface area contributed by atoms with Crippen molar-refractivity contribution in [2.24, 2.45) is 0 Å². The number of ether oxygens (including phenoxy) is 4. The van der Waals surface area contributed by atoms with Crippen LogP contribution >= 0.6 is 0 Å². The van der Waals surface area contributed by atoms with Gasteiger partial charge in [0.15, 0.2) is 5.79 Å². The Hall–Kier alpha value is -2.74. The molecule has 0 radical (unpaired) electrons. The van der Waals surface area contributed by atoms with Crippen LogP contribution in [0.4, 0.5) is 0 Å². The average molecular weight is 546 g/mol. The van der Waals surface area contributed by atoms with Crippen LogP contribution in [0.25, 0.3) is 0 Å². The summed E-state index contributed by atoms with van der Waals surface area (Å²) in [6.45, 7) is 11.9. The van der Waals surface area contributed by atoms with Crippen LogP contribution in [0.15, 0.2) is 84.9 Å². The van der Waals surface area contributed by atoms with E-state index in [9.17, 15) is 0 Å². The first kappa shape index (κ1) is 28.8. The van der Waals surface area contributed by atoms with E-state index in [-0.39, 0.29) is 17.2 Å². The standard InChI is InChI=1S/C34H43NO5/c1-32(2)25-34(38-21-28-11-7-5-8-12-28,39-22-29-13-9-6-10-14-29)26-33(3,4)35(32)40-20-19-27-15-17-30(18-16-27)36-23-31-24-37-31/h5-18,31H,19-26H2,1-4H3. The zero-order valence-corrected chi connectivity index (χ0v) is 24.3. The lowest BCUT2D eigenvalue weighted by Crippen LogP contribution is -2.66. The van der Waals surface area contributed by atoms with Crippen molar-refractivity contribution in [1.29, 1.82) is 0 Å². The lowest BCUT2D eigenvalue weighted by atomic mass is 9.77. The van der Waals surface area contributed by atoms with E-state index in [4.69, 9.17) is 23.8 Å². The van der Waals surface area contributed by atoms with Crippen molar-refractivity contribution >= 4 is 0 Å². The summed E-state index contributed by atoms with van der Waals surface area (Å²) in [5.41, 5.74) is 2.85. The highest BCUT2D eigenvalue weighted by molar-refractivity contribution is 5.27. The van der Waals surface area contributed by atoms with Gasteiger partial charge in [-0.3, -0.25) is 4.84 Å².